The van der Waals surface area contributed by atoms with Crippen LogP contribution in [0.3, 0.4) is 0 Å². The van der Waals surface area contributed by atoms with Crippen LogP contribution in [0.15, 0.2) is 16.6 Å². The largest absolute Gasteiger partial charge is 0.311 e. The number of thioether (sulfide) groups is 1. The summed E-state index contributed by atoms with van der Waals surface area (Å²) in [7, 11) is 0. The van der Waals surface area contributed by atoms with Crippen molar-refractivity contribution in [2.45, 2.75) is 32.4 Å². The van der Waals surface area contributed by atoms with E-state index in [9.17, 15) is 9.59 Å². The lowest BCUT2D eigenvalue weighted by atomic mass is 10.1. The Labute approximate surface area is 125 Å². The van der Waals surface area contributed by atoms with Crippen LogP contribution in [0.5, 0.6) is 0 Å². The monoisotopic (exact) mass is 341 g/mol. The molecule has 19 heavy (non-hydrogen) atoms. The first kappa shape index (κ1) is 14.6. The first-order valence-electron chi connectivity index (χ1n) is 6.13. The van der Waals surface area contributed by atoms with Gasteiger partial charge in [0.05, 0.1) is 0 Å². The SMILES string of the molecule is CC(=O)SC1CC(=O)N(c2c(C)cc(Br)cc2C)C1. The van der Waals surface area contributed by atoms with Crippen LogP contribution in [0.4, 0.5) is 5.69 Å². The van der Waals surface area contributed by atoms with E-state index in [1.807, 2.05) is 30.9 Å². The minimum atomic E-state index is 0.0731. The molecule has 3 nitrogen and oxygen atoms in total. The summed E-state index contributed by atoms with van der Waals surface area (Å²) in [5, 5.41) is 0.149. The van der Waals surface area contributed by atoms with Crippen molar-refractivity contribution in [3.05, 3.63) is 27.7 Å². The van der Waals surface area contributed by atoms with Crippen LogP contribution in [0, 0.1) is 13.8 Å². The Morgan fingerprint density at radius 2 is 1.95 bits per heavy atom. The molecule has 0 radical (unpaired) electrons. The van der Waals surface area contributed by atoms with E-state index in [-0.39, 0.29) is 16.3 Å². The third-order valence-electron chi connectivity index (χ3n) is 3.15. The van der Waals surface area contributed by atoms with Gasteiger partial charge in [-0.3, -0.25) is 9.59 Å². The van der Waals surface area contributed by atoms with E-state index in [1.54, 1.807) is 6.92 Å². The van der Waals surface area contributed by atoms with Gasteiger partial charge < -0.3 is 4.90 Å². The smallest absolute Gasteiger partial charge is 0.228 e. The number of anilines is 1. The number of carbonyl (C=O) groups excluding carboxylic acids is 2. The molecule has 0 N–H and O–H groups in total. The Balaban J connectivity index is 2.28. The highest BCUT2D eigenvalue weighted by atomic mass is 79.9. The Morgan fingerprint density at radius 1 is 1.37 bits per heavy atom. The molecule has 0 aromatic heterocycles. The number of rotatable bonds is 2. The number of nitrogens with zero attached hydrogens (tertiary/aromatic N) is 1. The summed E-state index contributed by atoms with van der Waals surface area (Å²) in [4.78, 5) is 25.1. The molecule has 1 heterocycles. The highest BCUT2D eigenvalue weighted by molar-refractivity contribution is 9.10. The van der Waals surface area contributed by atoms with Crippen LogP contribution in [0.1, 0.15) is 24.5 Å². The second-order valence-corrected chi connectivity index (χ2v) is 7.22. The van der Waals surface area contributed by atoms with Crippen LogP contribution in [0.2, 0.25) is 0 Å². The van der Waals surface area contributed by atoms with Crippen molar-refractivity contribution < 1.29 is 9.59 Å². The van der Waals surface area contributed by atoms with Crippen molar-refractivity contribution in [2.75, 3.05) is 11.4 Å². The molecule has 1 unspecified atom stereocenters. The number of carbonyl (C=O) groups is 2. The zero-order valence-corrected chi connectivity index (χ0v) is 13.6. The summed E-state index contributed by atoms with van der Waals surface area (Å²) in [6.07, 6.45) is 0.444. The van der Waals surface area contributed by atoms with Crippen LogP contribution in [0.25, 0.3) is 0 Å². The van der Waals surface area contributed by atoms with Gasteiger partial charge in [-0.2, -0.15) is 0 Å². The van der Waals surface area contributed by atoms with Crippen molar-refractivity contribution in [1.82, 2.24) is 0 Å². The average Bonchev–Trinajstić information content (AvgIpc) is 2.57. The highest BCUT2D eigenvalue weighted by Gasteiger charge is 2.33. The molecular weight excluding hydrogens is 326 g/mol. The van der Waals surface area contributed by atoms with Gasteiger partial charge >= 0.3 is 0 Å². The lowest BCUT2D eigenvalue weighted by Gasteiger charge is -2.21. The average molecular weight is 342 g/mol. The molecule has 2 rings (SSSR count). The maximum atomic E-state index is 12.1. The highest BCUT2D eigenvalue weighted by Crippen LogP contribution is 2.34. The number of benzene rings is 1. The zero-order valence-electron chi connectivity index (χ0n) is 11.2. The Morgan fingerprint density at radius 3 is 2.47 bits per heavy atom. The zero-order chi connectivity index (χ0) is 14.2. The molecule has 0 saturated carbocycles. The molecule has 102 valence electrons. The van der Waals surface area contributed by atoms with E-state index in [0.717, 1.165) is 21.3 Å². The van der Waals surface area contributed by atoms with Crippen LogP contribution >= 0.6 is 27.7 Å². The molecule has 1 aliphatic heterocycles. The van der Waals surface area contributed by atoms with Gasteiger partial charge in [-0.1, -0.05) is 27.7 Å². The van der Waals surface area contributed by atoms with Gasteiger partial charge in [0.1, 0.15) is 0 Å². The van der Waals surface area contributed by atoms with Gasteiger partial charge in [0.2, 0.25) is 5.91 Å². The van der Waals surface area contributed by atoms with Gasteiger partial charge in [0, 0.05) is 35.3 Å². The fourth-order valence-electron chi connectivity index (χ4n) is 2.53. The van der Waals surface area contributed by atoms with E-state index in [1.165, 1.54) is 11.8 Å². The summed E-state index contributed by atoms with van der Waals surface area (Å²) >= 11 is 4.73. The van der Waals surface area contributed by atoms with Crippen molar-refractivity contribution in [3.8, 4) is 0 Å². The van der Waals surface area contributed by atoms with E-state index >= 15 is 0 Å². The molecule has 1 saturated heterocycles. The van der Waals surface area contributed by atoms with E-state index in [0.29, 0.717) is 13.0 Å². The third-order valence-corrected chi connectivity index (χ3v) is 4.59. The predicted octanol–water partition coefficient (Wildman–Crippen LogP) is 3.45. The first-order valence-corrected chi connectivity index (χ1v) is 7.80. The normalized spacial score (nSPS) is 19.1. The van der Waals surface area contributed by atoms with Gasteiger partial charge in [-0.25, -0.2) is 0 Å². The van der Waals surface area contributed by atoms with E-state index in [4.69, 9.17) is 0 Å². The minimum Gasteiger partial charge on any atom is -0.311 e. The number of hydrogen-bond acceptors (Lipinski definition) is 3. The first-order chi connectivity index (χ1) is 8.88. The maximum Gasteiger partial charge on any atom is 0.228 e. The summed E-state index contributed by atoms with van der Waals surface area (Å²) in [6, 6.07) is 4.03. The second-order valence-electron chi connectivity index (χ2n) is 4.83. The molecule has 0 spiro atoms. The number of hydrogen-bond donors (Lipinski definition) is 0. The number of aryl methyl sites for hydroxylation is 2. The van der Waals surface area contributed by atoms with Gasteiger partial charge in [-0.15, -0.1) is 0 Å². The minimum absolute atomic E-state index is 0.0731. The van der Waals surface area contributed by atoms with Crippen LogP contribution < -0.4 is 4.90 Å². The molecule has 5 heteroatoms. The van der Waals surface area contributed by atoms with Crippen molar-refractivity contribution in [1.29, 1.82) is 0 Å². The van der Waals surface area contributed by atoms with Crippen LogP contribution in [-0.2, 0) is 9.59 Å². The van der Waals surface area contributed by atoms with Gasteiger partial charge in [-0.05, 0) is 37.1 Å². The maximum absolute atomic E-state index is 12.1. The van der Waals surface area contributed by atoms with E-state index < -0.39 is 0 Å². The van der Waals surface area contributed by atoms with Gasteiger partial charge in [0.15, 0.2) is 5.12 Å². The molecule has 1 atom stereocenters. The molecule has 0 aliphatic carbocycles. The molecule has 1 fully saturated rings. The number of amides is 1. The predicted molar refractivity (Wildman–Crippen MR) is 82.6 cm³/mol. The van der Waals surface area contributed by atoms with E-state index in [2.05, 4.69) is 15.9 Å². The molecule has 0 bridgehead atoms. The summed E-state index contributed by atoms with van der Waals surface area (Å²) < 4.78 is 1.02. The third kappa shape index (κ3) is 3.20. The summed E-state index contributed by atoms with van der Waals surface area (Å²) in [5.41, 5.74) is 3.14. The Kier molecular flexibility index (Phi) is 4.36. The summed E-state index contributed by atoms with van der Waals surface area (Å²) in [5.74, 6) is 0.104. The molecule has 1 aromatic carbocycles. The lowest BCUT2D eigenvalue weighted by molar-refractivity contribution is -0.117. The fraction of sp³-hybridized carbons (Fsp3) is 0.429. The molecule has 1 amide bonds. The van der Waals surface area contributed by atoms with Gasteiger partial charge in [0.25, 0.3) is 0 Å². The van der Waals surface area contributed by atoms with Crippen LogP contribution in [-0.4, -0.2) is 22.8 Å². The lowest BCUT2D eigenvalue weighted by Crippen LogP contribution is -2.26. The second kappa shape index (κ2) is 5.67. The standard InChI is InChI=1S/C14H16BrNO2S/c1-8-4-11(15)5-9(2)14(8)16-7-12(6-13(16)18)19-10(3)17/h4-5,12H,6-7H2,1-3H3. The Hall–Kier alpha value is -0.810. The molecule has 1 aliphatic rings. The number of halogens is 1. The quantitative estimate of drug-likeness (QED) is 0.826. The topological polar surface area (TPSA) is 37.4 Å². The Bertz CT molecular complexity index is 521. The van der Waals surface area contributed by atoms with Crippen molar-refractivity contribution >= 4 is 44.4 Å². The van der Waals surface area contributed by atoms with Crippen molar-refractivity contribution in [3.63, 3.8) is 0 Å². The summed E-state index contributed by atoms with van der Waals surface area (Å²) in [6.45, 7) is 6.18. The molecule has 1 aromatic rings. The van der Waals surface area contributed by atoms with Crippen molar-refractivity contribution in [2.24, 2.45) is 0 Å². The molecular formula is C14H16BrNO2S. The fourth-order valence-corrected chi connectivity index (χ4v) is 4.14.